The standard InChI is InChI=1S/C39H65F/c1-2-3-4-7-10-13-32-15-19-34(20-16-32)36-23-27-38(28-24-36)39-29-25-37(26-30-39)35-21-17-33(18-22-35)14-11-8-5-6-9-12-31-40/h15-16,19-20,33,35-39H,2-14,17-18,21-31H2,1H3. The van der Waals surface area contributed by atoms with Gasteiger partial charge in [0.2, 0.25) is 0 Å². The Kier molecular flexibility index (Phi) is 14.9. The van der Waals surface area contributed by atoms with Crippen molar-refractivity contribution in [1.82, 2.24) is 0 Å². The summed E-state index contributed by atoms with van der Waals surface area (Å²) in [7, 11) is 0. The van der Waals surface area contributed by atoms with E-state index in [4.69, 9.17) is 0 Å². The highest BCUT2D eigenvalue weighted by molar-refractivity contribution is 5.26. The second-order valence-electron chi connectivity index (χ2n) is 14.6. The van der Waals surface area contributed by atoms with Crippen LogP contribution in [-0.2, 0) is 6.42 Å². The van der Waals surface area contributed by atoms with E-state index in [1.165, 1.54) is 135 Å². The second kappa shape index (κ2) is 18.6. The number of hydrogen-bond acceptors (Lipinski definition) is 0. The Bertz CT molecular complexity index is 743. The van der Waals surface area contributed by atoms with E-state index in [9.17, 15) is 4.39 Å². The molecular formula is C39H65F. The molecule has 228 valence electrons. The van der Waals surface area contributed by atoms with E-state index < -0.39 is 0 Å². The Morgan fingerprint density at radius 1 is 0.525 bits per heavy atom. The lowest BCUT2D eigenvalue weighted by Gasteiger charge is -2.41. The molecule has 0 radical (unpaired) electrons. The molecule has 0 nitrogen and oxygen atoms in total. The Labute approximate surface area is 249 Å². The zero-order chi connectivity index (χ0) is 27.8. The number of aryl methyl sites for hydroxylation is 1. The van der Waals surface area contributed by atoms with Crippen molar-refractivity contribution in [2.75, 3.05) is 6.67 Å². The van der Waals surface area contributed by atoms with Gasteiger partial charge in [-0.3, -0.25) is 4.39 Å². The fourth-order valence-corrected chi connectivity index (χ4v) is 9.08. The van der Waals surface area contributed by atoms with Gasteiger partial charge in [-0.25, -0.2) is 0 Å². The summed E-state index contributed by atoms with van der Waals surface area (Å²) in [5.41, 5.74) is 3.18. The molecule has 0 aromatic heterocycles. The van der Waals surface area contributed by atoms with Crippen LogP contribution >= 0.6 is 0 Å². The molecule has 4 rings (SSSR count). The molecule has 0 spiro atoms. The predicted molar refractivity (Wildman–Crippen MR) is 173 cm³/mol. The van der Waals surface area contributed by atoms with Crippen molar-refractivity contribution in [3.63, 3.8) is 0 Å². The summed E-state index contributed by atoms with van der Waals surface area (Å²) in [6.45, 7) is 2.18. The lowest BCUT2D eigenvalue weighted by atomic mass is 9.64. The molecule has 0 heterocycles. The number of alkyl halides is 1. The molecule has 1 heteroatoms. The van der Waals surface area contributed by atoms with Crippen LogP contribution in [-0.4, -0.2) is 6.67 Å². The highest BCUT2D eigenvalue weighted by Gasteiger charge is 2.34. The molecule has 0 bridgehead atoms. The van der Waals surface area contributed by atoms with Crippen LogP contribution in [0.25, 0.3) is 0 Å². The maximum atomic E-state index is 12.2. The molecule has 0 amide bonds. The van der Waals surface area contributed by atoms with E-state index in [1.54, 1.807) is 24.0 Å². The van der Waals surface area contributed by atoms with Gasteiger partial charge < -0.3 is 0 Å². The van der Waals surface area contributed by atoms with Crippen LogP contribution in [0.4, 0.5) is 4.39 Å². The first-order chi connectivity index (χ1) is 19.8. The Balaban J connectivity index is 1.06. The monoisotopic (exact) mass is 553 g/mol. The largest absolute Gasteiger partial charge is 0.251 e. The van der Waals surface area contributed by atoms with Crippen molar-refractivity contribution < 1.29 is 4.39 Å². The predicted octanol–water partition coefficient (Wildman–Crippen LogP) is 12.8. The highest BCUT2D eigenvalue weighted by Crippen LogP contribution is 2.47. The summed E-state index contributed by atoms with van der Waals surface area (Å²) in [5.74, 6) is 5.99. The fraction of sp³-hybridized carbons (Fsp3) is 0.846. The third kappa shape index (κ3) is 10.8. The molecule has 0 unspecified atom stereocenters. The van der Waals surface area contributed by atoms with Gasteiger partial charge in [-0.1, -0.05) is 108 Å². The van der Waals surface area contributed by atoms with Crippen LogP contribution in [0, 0.1) is 29.6 Å². The summed E-state index contributed by atoms with van der Waals surface area (Å²) in [6.07, 6.45) is 35.0. The molecule has 0 N–H and O–H groups in total. The van der Waals surface area contributed by atoms with Gasteiger partial charge in [-0.15, -0.1) is 0 Å². The van der Waals surface area contributed by atoms with Gasteiger partial charge in [0.05, 0.1) is 6.67 Å². The average Bonchev–Trinajstić information content (AvgIpc) is 3.01. The molecule has 0 saturated heterocycles. The van der Waals surface area contributed by atoms with Crippen molar-refractivity contribution >= 4 is 0 Å². The van der Waals surface area contributed by atoms with Crippen molar-refractivity contribution in [2.45, 2.75) is 173 Å². The Morgan fingerprint density at radius 2 is 1.00 bits per heavy atom. The molecule has 1 aromatic rings. The van der Waals surface area contributed by atoms with Crippen LogP contribution in [0.15, 0.2) is 24.3 Å². The summed E-state index contributed by atoms with van der Waals surface area (Å²) in [5, 5.41) is 0. The summed E-state index contributed by atoms with van der Waals surface area (Å²) >= 11 is 0. The van der Waals surface area contributed by atoms with Crippen LogP contribution in [0.2, 0.25) is 0 Å². The van der Waals surface area contributed by atoms with E-state index in [-0.39, 0.29) is 6.67 Å². The number of halogens is 1. The van der Waals surface area contributed by atoms with Crippen molar-refractivity contribution in [3.8, 4) is 0 Å². The molecule has 0 atom stereocenters. The van der Waals surface area contributed by atoms with Gasteiger partial charge in [0.1, 0.15) is 0 Å². The van der Waals surface area contributed by atoms with Crippen LogP contribution < -0.4 is 0 Å². The Hall–Kier alpha value is -0.850. The number of rotatable bonds is 17. The molecule has 3 aliphatic carbocycles. The number of benzene rings is 1. The minimum atomic E-state index is -0.124. The maximum Gasteiger partial charge on any atom is 0.0894 e. The third-order valence-electron chi connectivity index (χ3n) is 11.8. The minimum absolute atomic E-state index is 0.124. The van der Waals surface area contributed by atoms with Gasteiger partial charge in [0, 0.05) is 0 Å². The topological polar surface area (TPSA) is 0 Å². The second-order valence-corrected chi connectivity index (χ2v) is 14.6. The van der Waals surface area contributed by atoms with E-state index in [2.05, 4.69) is 31.2 Å². The summed E-state index contributed by atoms with van der Waals surface area (Å²) in [4.78, 5) is 0. The van der Waals surface area contributed by atoms with Crippen LogP contribution in [0.5, 0.6) is 0 Å². The van der Waals surface area contributed by atoms with Crippen molar-refractivity contribution in [1.29, 1.82) is 0 Å². The number of hydrogen-bond donors (Lipinski definition) is 0. The lowest BCUT2D eigenvalue weighted by Crippen LogP contribution is -2.29. The first-order valence-electron chi connectivity index (χ1n) is 18.4. The van der Waals surface area contributed by atoms with E-state index >= 15 is 0 Å². The van der Waals surface area contributed by atoms with Gasteiger partial charge in [0.25, 0.3) is 0 Å². The normalized spacial score (nSPS) is 29.4. The van der Waals surface area contributed by atoms with Crippen LogP contribution in [0.3, 0.4) is 0 Å². The molecule has 3 fully saturated rings. The van der Waals surface area contributed by atoms with Crippen molar-refractivity contribution in [2.24, 2.45) is 29.6 Å². The lowest BCUT2D eigenvalue weighted by molar-refractivity contribution is 0.108. The molecule has 3 aliphatic rings. The minimum Gasteiger partial charge on any atom is -0.251 e. The fourth-order valence-electron chi connectivity index (χ4n) is 9.08. The SMILES string of the molecule is CCCCCCCc1ccc(C2CCC(C3CCC(C4CCC(CCCCCCCCF)CC4)CC3)CC2)cc1. The zero-order valence-corrected chi connectivity index (χ0v) is 26.5. The van der Waals surface area contributed by atoms with E-state index in [1.807, 2.05) is 0 Å². The van der Waals surface area contributed by atoms with Crippen LogP contribution in [0.1, 0.15) is 178 Å². The van der Waals surface area contributed by atoms with Gasteiger partial charge >= 0.3 is 0 Å². The zero-order valence-electron chi connectivity index (χ0n) is 26.5. The molecule has 40 heavy (non-hydrogen) atoms. The van der Waals surface area contributed by atoms with Gasteiger partial charge in [-0.05, 0) is 130 Å². The van der Waals surface area contributed by atoms with Crippen molar-refractivity contribution in [3.05, 3.63) is 35.4 Å². The maximum absolute atomic E-state index is 12.2. The molecule has 0 aliphatic heterocycles. The third-order valence-corrected chi connectivity index (χ3v) is 11.8. The van der Waals surface area contributed by atoms with Gasteiger partial charge in [-0.2, -0.15) is 0 Å². The average molecular weight is 553 g/mol. The summed E-state index contributed by atoms with van der Waals surface area (Å²) < 4.78 is 12.2. The number of unbranched alkanes of at least 4 members (excludes halogenated alkanes) is 9. The Morgan fingerprint density at radius 3 is 1.57 bits per heavy atom. The van der Waals surface area contributed by atoms with Gasteiger partial charge in [0.15, 0.2) is 0 Å². The molecular weight excluding hydrogens is 487 g/mol. The van der Waals surface area contributed by atoms with E-state index in [0.29, 0.717) is 0 Å². The van der Waals surface area contributed by atoms with E-state index in [0.717, 1.165) is 48.3 Å². The highest BCUT2D eigenvalue weighted by atomic mass is 19.1. The first kappa shape index (κ1) is 32.1. The smallest absolute Gasteiger partial charge is 0.0894 e. The first-order valence-corrected chi connectivity index (χ1v) is 18.4. The molecule has 1 aromatic carbocycles. The quantitative estimate of drug-likeness (QED) is 0.169. The summed E-state index contributed by atoms with van der Waals surface area (Å²) in [6, 6.07) is 9.83. The molecule has 3 saturated carbocycles.